The van der Waals surface area contributed by atoms with Crippen molar-refractivity contribution < 1.29 is 26.0 Å². The molecule has 2 aliphatic carbocycles. The molecule has 2 aromatic heterocycles. The van der Waals surface area contributed by atoms with Crippen molar-refractivity contribution in [1.29, 1.82) is 0 Å². The maximum absolute atomic E-state index is 15.0. The molecule has 0 spiro atoms. The number of alkyl halides is 3. The van der Waals surface area contributed by atoms with Crippen molar-refractivity contribution in [2.75, 3.05) is 15.8 Å². The third-order valence-electron chi connectivity index (χ3n) is 7.23. The number of fused-ring (bicyclic) bond motifs is 1. The molecule has 40 heavy (non-hydrogen) atoms. The Kier molecular flexibility index (Phi) is 7.48. The Morgan fingerprint density at radius 3 is 2.58 bits per heavy atom. The van der Waals surface area contributed by atoms with Crippen LogP contribution in [0.5, 0.6) is 0 Å². The van der Waals surface area contributed by atoms with E-state index in [9.17, 15) is 30.8 Å². The molecule has 0 unspecified atom stereocenters. The molecule has 2 fully saturated rings. The molecule has 216 valence electrons. The van der Waals surface area contributed by atoms with E-state index in [1.807, 2.05) is 0 Å². The highest BCUT2D eigenvalue weighted by atomic mass is 32.2. The molecule has 2 aliphatic rings. The van der Waals surface area contributed by atoms with Crippen LogP contribution in [0.15, 0.2) is 29.2 Å². The van der Waals surface area contributed by atoms with E-state index in [1.165, 1.54) is 16.8 Å². The van der Waals surface area contributed by atoms with Gasteiger partial charge in [0.05, 0.1) is 17.6 Å². The SMILES string of the molecule is CC(C)n1c(=O)c(-c2ccc(NS(=O)(=O)CC3CC(F)(F)C3)c(F)c2)nc2cnc(N[C@@H]3CCC[C@H](F)C3)nc21. The van der Waals surface area contributed by atoms with Gasteiger partial charge in [-0.2, -0.15) is 4.98 Å². The number of hydrogen-bond donors (Lipinski definition) is 2. The van der Waals surface area contributed by atoms with Gasteiger partial charge in [0.25, 0.3) is 5.56 Å². The smallest absolute Gasteiger partial charge is 0.278 e. The molecule has 2 saturated carbocycles. The second-order valence-electron chi connectivity index (χ2n) is 10.9. The zero-order valence-electron chi connectivity index (χ0n) is 22.0. The predicted octanol–water partition coefficient (Wildman–Crippen LogP) is 5.05. The zero-order valence-corrected chi connectivity index (χ0v) is 22.8. The fourth-order valence-electron chi connectivity index (χ4n) is 5.35. The summed E-state index contributed by atoms with van der Waals surface area (Å²) in [4.78, 5) is 26.6. The molecule has 0 saturated heterocycles. The third kappa shape index (κ3) is 6.06. The minimum Gasteiger partial charge on any atom is -0.351 e. The molecule has 3 aromatic rings. The lowest BCUT2D eigenvalue weighted by molar-refractivity contribution is -0.103. The Labute approximate surface area is 228 Å². The monoisotopic (exact) mass is 582 g/mol. The Balaban J connectivity index is 1.42. The van der Waals surface area contributed by atoms with Crippen molar-refractivity contribution in [2.45, 2.75) is 76.6 Å². The van der Waals surface area contributed by atoms with Crippen LogP contribution in [0.3, 0.4) is 0 Å². The second kappa shape index (κ2) is 10.6. The number of hydrogen-bond acceptors (Lipinski definition) is 7. The molecule has 5 rings (SSSR count). The van der Waals surface area contributed by atoms with Crippen LogP contribution in [0.2, 0.25) is 0 Å². The van der Waals surface area contributed by atoms with Gasteiger partial charge in [0.15, 0.2) is 5.65 Å². The van der Waals surface area contributed by atoms with Gasteiger partial charge in [-0.25, -0.2) is 35.9 Å². The number of anilines is 2. The van der Waals surface area contributed by atoms with Crippen LogP contribution in [0.4, 0.5) is 29.2 Å². The Morgan fingerprint density at radius 1 is 1.18 bits per heavy atom. The van der Waals surface area contributed by atoms with Gasteiger partial charge in [0.2, 0.25) is 21.9 Å². The van der Waals surface area contributed by atoms with Crippen LogP contribution >= 0.6 is 0 Å². The first-order chi connectivity index (χ1) is 18.8. The van der Waals surface area contributed by atoms with E-state index in [2.05, 4.69) is 25.0 Å². The molecular weight excluding hydrogens is 552 g/mol. The molecule has 14 heteroatoms. The number of rotatable bonds is 8. The van der Waals surface area contributed by atoms with E-state index in [-0.39, 0.29) is 46.1 Å². The lowest BCUT2D eigenvalue weighted by atomic mass is 9.83. The summed E-state index contributed by atoms with van der Waals surface area (Å²) < 4.78 is 83.2. The van der Waals surface area contributed by atoms with Crippen molar-refractivity contribution in [3.8, 4) is 11.3 Å². The highest BCUT2D eigenvalue weighted by Gasteiger charge is 2.46. The van der Waals surface area contributed by atoms with Crippen molar-refractivity contribution in [2.24, 2.45) is 5.92 Å². The van der Waals surface area contributed by atoms with Crippen LogP contribution in [0.25, 0.3) is 22.4 Å². The number of nitrogens with one attached hydrogen (secondary N) is 2. The van der Waals surface area contributed by atoms with E-state index in [0.29, 0.717) is 12.8 Å². The number of sulfonamides is 1. The zero-order chi connectivity index (χ0) is 28.8. The fraction of sp³-hybridized carbons (Fsp3) is 0.538. The minimum absolute atomic E-state index is 0.0805. The third-order valence-corrected chi connectivity index (χ3v) is 8.67. The summed E-state index contributed by atoms with van der Waals surface area (Å²) in [6.07, 6.45) is 1.92. The molecule has 0 amide bonds. The van der Waals surface area contributed by atoms with Gasteiger partial charge >= 0.3 is 0 Å². The summed E-state index contributed by atoms with van der Waals surface area (Å²) in [6.45, 7) is 3.57. The van der Waals surface area contributed by atoms with Gasteiger partial charge in [0, 0.05) is 30.5 Å². The van der Waals surface area contributed by atoms with Crippen LogP contribution in [0, 0.1) is 11.7 Å². The Morgan fingerprint density at radius 2 is 1.93 bits per heavy atom. The average Bonchev–Trinajstić information content (AvgIpc) is 2.83. The molecule has 2 atom stereocenters. The standard InChI is InChI=1S/C26H30F4N6O3S/c1-14(2)36-23-21(12-31-25(34-23)32-18-5-3-4-17(27)9-18)33-22(24(36)37)16-6-7-20(19(28)8-16)35-40(38,39)13-15-10-26(29,30)11-15/h6-8,12,14-15,17-18,35H,3-5,9-11,13H2,1-2H3,(H,31,32,34)/t17-,18+/m0/s1. The lowest BCUT2D eigenvalue weighted by Gasteiger charge is -2.34. The van der Waals surface area contributed by atoms with Gasteiger partial charge in [-0.05, 0) is 57.6 Å². The fourth-order valence-corrected chi connectivity index (χ4v) is 6.79. The largest absolute Gasteiger partial charge is 0.351 e. The van der Waals surface area contributed by atoms with Gasteiger partial charge in [0.1, 0.15) is 23.2 Å². The first-order valence-electron chi connectivity index (χ1n) is 13.2. The minimum atomic E-state index is -4.07. The number of halogens is 4. The van der Waals surface area contributed by atoms with E-state index < -0.39 is 58.0 Å². The maximum atomic E-state index is 15.0. The van der Waals surface area contributed by atoms with Crippen molar-refractivity contribution in [3.63, 3.8) is 0 Å². The first-order valence-corrected chi connectivity index (χ1v) is 14.8. The molecule has 0 aliphatic heterocycles. The predicted molar refractivity (Wildman–Crippen MR) is 143 cm³/mol. The van der Waals surface area contributed by atoms with E-state index in [4.69, 9.17) is 0 Å². The van der Waals surface area contributed by atoms with Crippen LogP contribution in [-0.4, -0.2) is 51.8 Å². The van der Waals surface area contributed by atoms with Crippen molar-refractivity contribution in [3.05, 3.63) is 40.6 Å². The van der Waals surface area contributed by atoms with Gasteiger partial charge in [-0.3, -0.25) is 14.1 Å². The van der Waals surface area contributed by atoms with Crippen LogP contribution < -0.4 is 15.6 Å². The quantitative estimate of drug-likeness (QED) is 0.357. The van der Waals surface area contributed by atoms with Crippen molar-refractivity contribution >= 4 is 32.8 Å². The normalized spacial score (nSPS) is 21.4. The summed E-state index contributed by atoms with van der Waals surface area (Å²) in [5.41, 5.74) is -0.324. The highest BCUT2D eigenvalue weighted by Crippen LogP contribution is 2.43. The van der Waals surface area contributed by atoms with Crippen LogP contribution in [-0.2, 0) is 10.0 Å². The molecule has 1 aromatic carbocycles. The van der Waals surface area contributed by atoms with Gasteiger partial charge < -0.3 is 5.32 Å². The first kappa shape index (κ1) is 28.2. The Hall–Kier alpha value is -3.29. The molecule has 0 bridgehead atoms. The maximum Gasteiger partial charge on any atom is 0.278 e. The molecule has 2 N–H and O–H groups in total. The van der Waals surface area contributed by atoms with Crippen LogP contribution in [0.1, 0.15) is 58.4 Å². The van der Waals surface area contributed by atoms with Crippen molar-refractivity contribution in [1.82, 2.24) is 19.5 Å². The van der Waals surface area contributed by atoms with E-state index >= 15 is 0 Å². The summed E-state index contributed by atoms with van der Waals surface area (Å²) in [7, 11) is -4.07. The number of aromatic nitrogens is 4. The summed E-state index contributed by atoms with van der Waals surface area (Å²) in [5.74, 6) is -4.80. The Bertz CT molecular complexity index is 1590. The number of benzene rings is 1. The van der Waals surface area contributed by atoms with E-state index in [1.54, 1.807) is 13.8 Å². The number of nitrogens with zero attached hydrogens (tertiary/aromatic N) is 4. The highest BCUT2D eigenvalue weighted by molar-refractivity contribution is 7.92. The molecule has 0 radical (unpaired) electrons. The van der Waals surface area contributed by atoms with Gasteiger partial charge in [-0.1, -0.05) is 6.07 Å². The molecule has 2 heterocycles. The summed E-state index contributed by atoms with van der Waals surface area (Å²) in [6, 6.07) is 3.03. The topological polar surface area (TPSA) is 119 Å². The summed E-state index contributed by atoms with van der Waals surface area (Å²) >= 11 is 0. The molecular formula is C26H30F4N6O3S. The van der Waals surface area contributed by atoms with E-state index in [0.717, 1.165) is 25.0 Å². The summed E-state index contributed by atoms with van der Waals surface area (Å²) in [5, 5.41) is 3.14. The average molecular weight is 583 g/mol. The second-order valence-corrected chi connectivity index (χ2v) is 12.7. The molecule has 9 nitrogen and oxygen atoms in total. The van der Waals surface area contributed by atoms with Gasteiger partial charge in [-0.15, -0.1) is 0 Å². The lowest BCUT2D eigenvalue weighted by Crippen LogP contribution is -2.40.